The van der Waals surface area contributed by atoms with Gasteiger partial charge >= 0.3 is 0 Å². The van der Waals surface area contributed by atoms with Crippen LogP contribution in [0.5, 0.6) is 0 Å². The lowest BCUT2D eigenvalue weighted by atomic mass is 9.86. The van der Waals surface area contributed by atoms with E-state index in [9.17, 15) is 0 Å². The van der Waals surface area contributed by atoms with Gasteiger partial charge in [0.15, 0.2) is 0 Å². The van der Waals surface area contributed by atoms with Gasteiger partial charge in [-0.15, -0.1) is 0 Å². The maximum Gasteiger partial charge on any atom is 0.109 e. The van der Waals surface area contributed by atoms with Crippen LogP contribution in [0, 0.1) is 0 Å². The molecule has 12 heavy (non-hydrogen) atoms. The molecule has 0 aromatic rings. The summed E-state index contributed by atoms with van der Waals surface area (Å²) in [6, 6.07) is 0. The van der Waals surface area contributed by atoms with Crippen molar-refractivity contribution in [3.05, 3.63) is 0 Å². The molecule has 2 aliphatic rings. The van der Waals surface area contributed by atoms with Crippen LogP contribution < -0.4 is 0 Å². The van der Waals surface area contributed by atoms with Gasteiger partial charge in [0.1, 0.15) is 11.2 Å². The molecule has 0 saturated carbocycles. The maximum atomic E-state index is 5.87. The van der Waals surface area contributed by atoms with Crippen molar-refractivity contribution in [2.24, 2.45) is 0 Å². The molecule has 2 heterocycles. The molecule has 0 spiro atoms. The lowest BCUT2D eigenvalue weighted by Gasteiger charge is -2.34. The molecule has 0 unspecified atom stereocenters. The van der Waals surface area contributed by atoms with Gasteiger partial charge < -0.3 is 9.47 Å². The number of halogens is 2. The van der Waals surface area contributed by atoms with E-state index in [1.54, 1.807) is 0 Å². The molecular formula is C8H12I2O2. The standard InChI is InChI=1S/C8H12I2O2/c9-5-7-1-3-11-8(7,6-10)2-4-12-7/h1-6H2/t7-,8-/m1/s1. The van der Waals surface area contributed by atoms with Gasteiger partial charge in [0.25, 0.3) is 0 Å². The van der Waals surface area contributed by atoms with Crippen molar-refractivity contribution in [1.29, 1.82) is 0 Å². The lowest BCUT2D eigenvalue weighted by molar-refractivity contribution is -0.0544. The first kappa shape index (κ1) is 9.92. The Morgan fingerprint density at radius 3 is 1.67 bits per heavy atom. The Morgan fingerprint density at radius 1 is 0.917 bits per heavy atom. The van der Waals surface area contributed by atoms with E-state index in [0.717, 1.165) is 34.9 Å². The zero-order chi connectivity index (χ0) is 8.66. The van der Waals surface area contributed by atoms with Crippen molar-refractivity contribution in [3.8, 4) is 0 Å². The van der Waals surface area contributed by atoms with Crippen LogP contribution in [0.25, 0.3) is 0 Å². The van der Waals surface area contributed by atoms with Gasteiger partial charge in [-0.3, -0.25) is 0 Å². The van der Waals surface area contributed by atoms with Gasteiger partial charge in [0, 0.05) is 21.7 Å². The smallest absolute Gasteiger partial charge is 0.109 e. The van der Waals surface area contributed by atoms with E-state index in [0.29, 0.717) is 0 Å². The zero-order valence-electron chi connectivity index (χ0n) is 6.82. The van der Waals surface area contributed by atoms with E-state index < -0.39 is 0 Å². The summed E-state index contributed by atoms with van der Waals surface area (Å²) < 4.78 is 13.9. The average Bonchev–Trinajstić information content (AvgIpc) is 2.58. The van der Waals surface area contributed by atoms with Crippen molar-refractivity contribution in [2.75, 3.05) is 22.1 Å². The van der Waals surface area contributed by atoms with Gasteiger partial charge in [-0.1, -0.05) is 45.2 Å². The Bertz CT molecular complexity index is 156. The van der Waals surface area contributed by atoms with Crippen LogP contribution in [-0.4, -0.2) is 33.3 Å². The van der Waals surface area contributed by atoms with Crippen LogP contribution in [-0.2, 0) is 9.47 Å². The fraction of sp³-hybridized carbons (Fsp3) is 1.00. The number of ether oxygens (including phenoxy) is 2. The molecule has 2 aliphatic heterocycles. The van der Waals surface area contributed by atoms with E-state index in [2.05, 4.69) is 45.2 Å². The third-order valence-corrected chi connectivity index (χ3v) is 5.49. The van der Waals surface area contributed by atoms with E-state index in [1.807, 2.05) is 0 Å². The van der Waals surface area contributed by atoms with Crippen LogP contribution in [0.2, 0.25) is 0 Å². The van der Waals surface area contributed by atoms with E-state index in [1.165, 1.54) is 0 Å². The minimum absolute atomic E-state index is 0.0503. The molecule has 2 rings (SSSR count). The molecule has 70 valence electrons. The summed E-state index contributed by atoms with van der Waals surface area (Å²) in [4.78, 5) is 0. The van der Waals surface area contributed by atoms with E-state index in [-0.39, 0.29) is 11.2 Å². The van der Waals surface area contributed by atoms with Crippen LogP contribution in [0.3, 0.4) is 0 Å². The summed E-state index contributed by atoms with van der Waals surface area (Å²) in [5.41, 5.74) is 0.101. The van der Waals surface area contributed by atoms with Crippen molar-refractivity contribution in [3.63, 3.8) is 0 Å². The average molecular weight is 394 g/mol. The van der Waals surface area contributed by atoms with Crippen LogP contribution in [0.15, 0.2) is 0 Å². The Kier molecular flexibility index (Phi) is 2.90. The topological polar surface area (TPSA) is 18.5 Å². The van der Waals surface area contributed by atoms with E-state index >= 15 is 0 Å². The number of fused-ring (bicyclic) bond motifs is 1. The Balaban J connectivity index is 2.29. The molecule has 4 heteroatoms. The summed E-state index contributed by atoms with van der Waals surface area (Å²) in [7, 11) is 0. The second-order valence-corrected chi connectivity index (χ2v) is 4.98. The van der Waals surface area contributed by atoms with Gasteiger partial charge in [-0.05, 0) is 0 Å². The third-order valence-electron chi connectivity index (χ3n) is 3.03. The van der Waals surface area contributed by atoms with Crippen LogP contribution >= 0.6 is 45.2 Å². The summed E-state index contributed by atoms with van der Waals surface area (Å²) in [5, 5.41) is 0. The molecule has 2 saturated heterocycles. The molecule has 2 atom stereocenters. The number of hydrogen-bond acceptors (Lipinski definition) is 2. The summed E-state index contributed by atoms with van der Waals surface area (Å²) in [6.45, 7) is 1.76. The van der Waals surface area contributed by atoms with Crippen LogP contribution in [0.1, 0.15) is 12.8 Å². The quantitative estimate of drug-likeness (QED) is 0.529. The first-order valence-electron chi connectivity index (χ1n) is 4.18. The fourth-order valence-corrected chi connectivity index (χ4v) is 4.73. The van der Waals surface area contributed by atoms with E-state index in [4.69, 9.17) is 9.47 Å². The second-order valence-electron chi connectivity index (χ2n) is 3.45. The van der Waals surface area contributed by atoms with Crippen molar-refractivity contribution >= 4 is 45.2 Å². The molecule has 0 aromatic carbocycles. The van der Waals surface area contributed by atoms with Gasteiger partial charge in [0.2, 0.25) is 0 Å². The zero-order valence-corrected chi connectivity index (χ0v) is 11.1. The Labute approximate surface area is 100 Å². The van der Waals surface area contributed by atoms with Crippen molar-refractivity contribution in [1.82, 2.24) is 0 Å². The number of alkyl halides is 2. The highest BCUT2D eigenvalue weighted by atomic mass is 127. The Morgan fingerprint density at radius 2 is 1.33 bits per heavy atom. The molecule has 0 N–H and O–H groups in total. The molecular weight excluding hydrogens is 382 g/mol. The van der Waals surface area contributed by atoms with Gasteiger partial charge in [-0.25, -0.2) is 0 Å². The second kappa shape index (κ2) is 3.51. The molecule has 2 fully saturated rings. The minimum Gasteiger partial charge on any atom is -0.371 e. The lowest BCUT2D eigenvalue weighted by Crippen LogP contribution is -2.50. The third kappa shape index (κ3) is 1.17. The minimum atomic E-state index is 0.0503. The molecule has 0 aromatic heterocycles. The Hall–Kier alpha value is 1.38. The highest BCUT2D eigenvalue weighted by Gasteiger charge is 2.59. The highest BCUT2D eigenvalue weighted by molar-refractivity contribution is 14.1. The monoisotopic (exact) mass is 394 g/mol. The maximum absolute atomic E-state index is 5.87. The first-order valence-corrected chi connectivity index (χ1v) is 7.24. The largest absolute Gasteiger partial charge is 0.371 e. The van der Waals surface area contributed by atoms with Crippen molar-refractivity contribution in [2.45, 2.75) is 24.0 Å². The molecule has 0 bridgehead atoms. The summed E-state index contributed by atoms with van der Waals surface area (Å²) in [6.07, 6.45) is 2.16. The summed E-state index contributed by atoms with van der Waals surface area (Å²) in [5.74, 6) is 0. The number of rotatable bonds is 2. The van der Waals surface area contributed by atoms with Crippen LogP contribution in [0.4, 0.5) is 0 Å². The molecule has 0 radical (unpaired) electrons. The summed E-state index contributed by atoms with van der Waals surface area (Å²) >= 11 is 4.85. The fourth-order valence-electron chi connectivity index (χ4n) is 2.14. The van der Waals surface area contributed by atoms with Gasteiger partial charge in [-0.2, -0.15) is 0 Å². The molecule has 2 nitrogen and oxygen atoms in total. The van der Waals surface area contributed by atoms with Crippen molar-refractivity contribution < 1.29 is 9.47 Å². The molecule has 0 aliphatic carbocycles. The normalized spacial score (nSPS) is 46.5. The predicted octanol–water partition coefficient (Wildman–Crippen LogP) is 2.17. The number of hydrogen-bond donors (Lipinski definition) is 0. The highest BCUT2D eigenvalue weighted by Crippen LogP contribution is 2.48. The molecule has 0 amide bonds. The predicted molar refractivity (Wildman–Crippen MR) is 64.4 cm³/mol. The SMILES string of the molecule is IC[C@]12CCO[C@@]1(CI)CCO2. The first-order chi connectivity index (χ1) is 5.79. The van der Waals surface area contributed by atoms with Gasteiger partial charge in [0.05, 0.1) is 13.2 Å².